The summed E-state index contributed by atoms with van der Waals surface area (Å²) < 4.78 is 29.5. The molecule has 1 N–H and O–H groups in total. The molecule has 0 heterocycles. The minimum absolute atomic E-state index is 0.00728. The van der Waals surface area contributed by atoms with Gasteiger partial charge in [-0.2, -0.15) is 0 Å². The molecule has 0 radical (unpaired) electrons. The van der Waals surface area contributed by atoms with Crippen molar-refractivity contribution in [3.05, 3.63) is 130 Å². The normalized spacial score (nSPS) is 12.7. The third-order valence-electron chi connectivity index (χ3n) is 8.07. The van der Waals surface area contributed by atoms with Crippen LogP contribution in [0.25, 0.3) is 0 Å². The van der Waals surface area contributed by atoms with Crippen LogP contribution in [0.1, 0.15) is 56.7 Å². The van der Waals surface area contributed by atoms with Crippen LogP contribution in [0.15, 0.2) is 108 Å². The van der Waals surface area contributed by atoms with Crippen molar-refractivity contribution in [2.45, 2.75) is 70.0 Å². The van der Waals surface area contributed by atoms with Crippen molar-refractivity contribution in [3.63, 3.8) is 0 Å². The first-order valence-electron chi connectivity index (χ1n) is 15.7. The van der Waals surface area contributed by atoms with Crippen LogP contribution in [0, 0.1) is 0 Å². The molecule has 0 aliphatic heterocycles. The summed E-state index contributed by atoms with van der Waals surface area (Å²) in [5.74, 6) is -0.659. The van der Waals surface area contributed by atoms with E-state index in [1.54, 1.807) is 48.5 Å². The number of benzene rings is 4. The minimum atomic E-state index is -4.18. The Kier molecular flexibility index (Phi) is 12.5. The van der Waals surface area contributed by atoms with Crippen LogP contribution < -0.4 is 9.62 Å². The highest BCUT2D eigenvalue weighted by Gasteiger charge is 2.35. The largest absolute Gasteiger partial charge is 0.352 e. The smallest absolute Gasteiger partial charge is 0.264 e. The Morgan fingerprint density at radius 2 is 1.40 bits per heavy atom. The number of halogens is 2. The number of hydrogen-bond acceptors (Lipinski definition) is 4. The summed E-state index contributed by atoms with van der Waals surface area (Å²) >= 11 is 12.6. The highest BCUT2D eigenvalue weighted by molar-refractivity contribution is 7.92. The van der Waals surface area contributed by atoms with Gasteiger partial charge in [0.25, 0.3) is 10.0 Å². The molecular formula is C37H41Cl2N3O4S. The van der Waals surface area contributed by atoms with Crippen molar-refractivity contribution in [2.24, 2.45) is 0 Å². The molecule has 4 aromatic carbocycles. The van der Waals surface area contributed by atoms with Gasteiger partial charge in [0.05, 0.1) is 20.6 Å². The number of nitrogens with one attached hydrogen (secondary N) is 1. The van der Waals surface area contributed by atoms with Crippen LogP contribution in [0.4, 0.5) is 5.69 Å². The van der Waals surface area contributed by atoms with E-state index in [4.69, 9.17) is 23.2 Å². The van der Waals surface area contributed by atoms with Gasteiger partial charge in [-0.3, -0.25) is 13.9 Å². The maximum atomic E-state index is 14.6. The Balaban J connectivity index is 1.82. The van der Waals surface area contributed by atoms with Crippen LogP contribution in [-0.2, 0) is 32.6 Å². The lowest BCUT2D eigenvalue weighted by Gasteiger charge is -2.34. The highest BCUT2D eigenvalue weighted by Crippen LogP contribution is 2.28. The second kappa shape index (κ2) is 16.3. The first-order valence-corrected chi connectivity index (χ1v) is 17.9. The van der Waals surface area contributed by atoms with E-state index in [0.29, 0.717) is 27.7 Å². The average Bonchev–Trinajstić information content (AvgIpc) is 3.07. The molecule has 0 saturated heterocycles. The van der Waals surface area contributed by atoms with Gasteiger partial charge in [0.15, 0.2) is 0 Å². The minimum Gasteiger partial charge on any atom is -0.352 e. The third-order valence-corrected chi connectivity index (χ3v) is 10.6. The van der Waals surface area contributed by atoms with Gasteiger partial charge < -0.3 is 10.2 Å². The molecule has 7 nitrogen and oxygen atoms in total. The standard InChI is InChI=1S/C37H41Cl2N3O4S/c1-5-27(4)40-37(44)35(23-28-12-8-6-9-13-28)41(24-29-16-21-33(38)34(39)22-29)36(43)25-42(31-19-17-30(18-20-31)26(2)3)47(45,46)32-14-10-7-11-15-32/h6-22,26-27,35H,5,23-25H2,1-4H3,(H,40,44). The number of anilines is 1. The predicted molar refractivity (Wildman–Crippen MR) is 190 cm³/mol. The zero-order valence-corrected chi connectivity index (χ0v) is 29.4. The van der Waals surface area contributed by atoms with Crippen molar-refractivity contribution in [2.75, 3.05) is 10.8 Å². The summed E-state index contributed by atoms with van der Waals surface area (Å²) in [6, 6.07) is 28.5. The summed E-state index contributed by atoms with van der Waals surface area (Å²) in [7, 11) is -4.18. The van der Waals surface area contributed by atoms with Crippen LogP contribution in [0.3, 0.4) is 0 Å². The van der Waals surface area contributed by atoms with Crippen molar-refractivity contribution in [3.8, 4) is 0 Å². The Morgan fingerprint density at radius 3 is 1.98 bits per heavy atom. The second-order valence-electron chi connectivity index (χ2n) is 11.9. The van der Waals surface area contributed by atoms with Gasteiger partial charge in [0.2, 0.25) is 11.8 Å². The topological polar surface area (TPSA) is 86.8 Å². The van der Waals surface area contributed by atoms with Crippen LogP contribution in [0.2, 0.25) is 10.0 Å². The number of sulfonamides is 1. The lowest BCUT2D eigenvalue weighted by atomic mass is 10.0. The summed E-state index contributed by atoms with van der Waals surface area (Å²) in [6.07, 6.45) is 0.907. The van der Waals surface area contributed by atoms with Crippen molar-refractivity contribution in [1.29, 1.82) is 0 Å². The van der Waals surface area contributed by atoms with Gasteiger partial charge >= 0.3 is 0 Å². The third kappa shape index (κ3) is 9.37. The lowest BCUT2D eigenvalue weighted by molar-refractivity contribution is -0.140. The molecule has 0 aliphatic rings. The van der Waals surface area contributed by atoms with E-state index in [1.807, 2.05) is 56.3 Å². The molecule has 47 heavy (non-hydrogen) atoms. The number of rotatable bonds is 14. The predicted octanol–water partition coefficient (Wildman–Crippen LogP) is 7.87. The lowest BCUT2D eigenvalue weighted by Crippen LogP contribution is -2.54. The van der Waals surface area contributed by atoms with Crippen molar-refractivity contribution >= 4 is 50.7 Å². The summed E-state index contributed by atoms with van der Waals surface area (Å²) in [6.45, 7) is 7.42. The van der Waals surface area contributed by atoms with Gasteiger partial charge in [0, 0.05) is 19.0 Å². The Morgan fingerprint density at radius 1 is 0.787 bits per heavy atom. The van der Waals surface area contributed by atoms with Gasteiger partial charge in [-0.15, -0.1) is 0 Å². The molecular weight excluding hydrogens is 653 g/mol. The maximum Gasteiger partial charge on any atom is 0.264 e. The summed E-state index contributed by atoms with van der Waals surface area (Å²) in [5, 5.41) is 3.70. The van der Waals surface area contributed by atoms with E-state index < -0.39 is 28.5 Å². The monoisotopic (exact) mass is 693 g/mol. The van der Waals surface area contributed by atoms with E-state index in [1.165, 1.54) is 17.0 Å². The van der Waals surface area contributed by atoms with Gasteiger partial charge in [0.1, 0.15) is 12.6 Å². The highest BCUT2D eigenvalue weighted by atomic mass is 35.5. The van der Waals surface area contributed by atoms with Crippen LogP contribution in [0.5, 0.6) is 0 Å². The molecule has 0 fully saturated rings. The summed E-state index contributed by atoms with van der Waals surface area (Å²) in [4.78, 5) is 30.1. The number of carbonyl (C=O) groups excluding carboxylic acids is 2. The van der Waals surface area contributed by atoms with Gasteiger partial charge in [-0.05, 0) is 72.4 Å². The zero-order chi connectivity index (χ0) is 34.1. The van der Waals surface area contributed by atoms with E-state index >= 15 is 0 Å². The molecule has 0 bridgehead atoms. The Labute approximate surface area is 288 Å². The Hall–Kier alpha value is -3.85. The van der Waals surface area contributed by atoms with E-state index in [-0.39, 0.29) is 35.7 Å². The fourth-order valence-corrected chi connectivity index (χ4v) is 6.86. The maximum absolute atomic E-state index is 14.6. The van der Waals surface area contributed by atoms with E-state index in [2.05, 4.69) is 19.2 Å². The molecule has 2 unspecified atom stereocenters. The van der Waals surface area contributed by atoms with E-state index in [9.17, 15) is 18.0 Å². The molecule has 10 heteroatoms. The SMILES string of the molecule is CCC(C)NC(=O)C(Cc1ccccc1)N(Cc1ccc(Cl)c(Cl)c1)C(=O)CN(c1ccc(C(C)C)cc1)S(=O)(=O)c1ccccc1. The molecule has 2 amide bonds. The van der Waals surface area contributed by atoms with Crippen LogP contribution >= 0.6 is 23.2 Å². The fourth-order valence-electron chi connectivity index (χ4n) is 5.10. The van der Waals surface area contributed by atoms with Crippen molar-refractivity contribution in [1.82, 2.24) is 10.2 Å². The van der Waals surface area contributed by atoms with Gasteiger partial charge in [-0.25, -0.2) is 8.42 Å². The number of carbonyl (C=O) groups is 2. The molecule has 2 atom stereocenters. The molecule has 0 aliphatic carbocycles. The number of nitrogens with zero attached hydrogens (tertiary/aromatic N) is 2. The van der Waals surface area contributed by atoms with E-state index in [0.717, 1.165) is 15.4 Å². The second-order valence-corrected chi connectivity index (χ2v) is 14.5. The quantitative estimate of drug-likeness (QED) is 0.146. The molecule has 0 spiro atoms. The van der Waals surface area contributed by atoms with Gasteiger partial charge in [-0.1, -0.05) is 111 Å². The zero-order valence-electron chi connectivity index (χ0n) is 27.1. The molecule has 0 saturated carbocycles. The molecule has 248 valence electrons. The Bertz CT molecular complexity index is 1750. The molecule has 4 rings (SSSR count). The number of amides is 2. The first-order chi connectivity index (χ1) is 22.4. The molecule has 4 aromatic rings. The van der Waals surface area contributed by atoms with Crippen LogP contribution in [-0.4, -0.2) is 43.8 Å². The molecule has 0 aromatic heterocycles. The number of hydrogen-bond donors (Lipinski definition) is 1. The first kappa shape index (κ1) is 36.0. The van der Waals surface area contributed by atoms with Crippen molar-refractivity contribution < 1.29 is 18.0 Å². The summed E-state index contributed by atoms with van der Waals surface area (Å²) in [5.41, 5.74) is 2.86. The average molecular weight is 695 g/mol. The fraction of sp³-hybridized carbons (Fsp3) is 0.297.